The van der Waals surface area contributed by atoms with Crippen molar-refractivity contribution < 1.29 is 19.0 Å². The number of aromatic nitrogens is 5. The zero-order chi connectivity index (χ0) is 24.9. The Morgan fingerprint density at radius 3 is 2.94 bits per heavy atom. The van der Waals surface area contributed by atoms with Crippen LogP contribution in [-0.4, -0.2) is 60.2 Å². The van der Waals surface area contributed by atoms with E-state index < -0.39 is 24.3 Å². The molecule has 0 saturated heterocycles. The van der Waals surface area contributed by atoms with Crippen LogP contribution in [0.2, 0.25) is 0 Å². The van der Waals surface area contributed by atoms with E-state index in [1.165, 1.54) is 0 Å². The van der Waals surface area contributed by atoms with E-state index in [1.807, 2.05) is 0 Å². The molecule has 3 heterocycles. The SMILES string of the molecule is N#Cc1c(CCCO)nc(Nc2cc([C@@H]3CC[C@H](OC(=O)NC45CC(C4)C5)[C@@H]3F)[nH]n2)n2ccnc12. The van der Waals surface area contributed by atoms with Crippen LogP contribution < -0.4 is 10.6 Å². The summed E-state index contributed by atoms with van der Waals surface area (Å²) in [5, 5.41) is 32.0. The Kier molecular flexibility index (Phi) is 5.52. The minimum absolute atomic E-state index is 0.0167. The number of carbonyl (C=O) groups is 1. The molecule has 0 aromatic carbocycles. The van der Waals surface area contributed by atoms with Crippen molar-refractivity contribution >= 4 is 23.5 Å². The van der Waals surface area contributed by atoms with Gasteiger partial charge >= 0.3 is 6.09 Å². The van der Waals surface area contributed by atoms with Gasteiger partial charge < -0.3 is 20.5 Å². The summed E-state index contributed by atoms with van der Waals surface area (Å²) in [7, 11) is 0. The van der Waals surface area contributed by atoms with Crippen LogP contribution in [0.25, 0.3) is 5.65 Å². The number of nitriles is 1. The van der Waals surface area contributed by atoms with E-state index in [0.717, 1.165) is 25.2 Å². The molecule has 4 fully saturated rings. The van der Waals surface area contributed by atoms with Crippen molar-refractivity contribution in [1.29, 1.82) is 5.26 Å². The molecule has 188 valence electrons. The minimum Gasteiger partial charge on any atom is -0.443 e. The van der Waals surface area contributed by atoms with Crippen LogP contribution in [0, 0.1) is 17.2 Å². The summed E-state index contributed by atoms with van der Waals surface area (Å²) in [6.07, 6.45) is 5.46. The highest BCUT2D eigenvalue weighted by molar-refractivity contribution is 5.69. The highest BCUT2D eigenvalue weighted by Gasteiger charge is 2.58. The smallest absolute Gasteiger partial charge is 0.407 e. The lowest BCUT2D eigenvalue weighted by Crippen LogP contribution is -2.68. The molecule has 1 amide bonds. The van der Waals surface area contributed by atoms with Crippen molar-refractivity contribution in [3.63, 3.8) is 0 Å². The van der Waals surface area contributed by atoms with Gasteiger partial charge in [-0.25, -0.2) is 19.2 Å². The van der Waals surface area contributed by atoms with Gasteiger partial charge in [0.1, 0.15) is 23.9 Å². The van der Waals surface area contributed by atoms with Gasteiger partial charge in [0.25, 0.3) is 0 Å². The lowest BCUT2D eigenvalue weighted by molar-refractivity contribution is -0.0532. The number of ether oxygens (including phenoxy) is 1. The molecule has 36 heavy (non-hydrogen) atoms. The molecule has 0 unspecified atom stereocenters. The Hall–Kier alpha value is -3.72. The zero-order valence-electron chi connectivity index (χ0n) is 19.6. The van der Waals surface area contributed by atoms with E-state index in [4.69, 9.17) is 4.74 Å². The third-order valence-electron chi connectivity index (χ3n) is 7.71. The molecule has 0 radical (unpaired) electrons. The minimum atomic E-state index is -1.34. The van der Waals surface area contributed by atoms with E-state index in [1.54, 1.807) is 22.9 Å². The van der Waals surface area contributed by atoms with Crippen LogP contribution in [0.3, 0.4) is 0 Å². The maximum absolute atomic E-state index is 15.2. The summed E-state index contributed by atoms with van der Waals surface area (Å²) in [6, 6.07) is 3.87. The number of amides is 1. The fourth-order valence-electron chi connectivity index (χ4n) is 5.75. The number of aryl methyl sites for hydroxylation is 1. The lowest BCUT2D eigenvalue weighted by Gasteiger charge is -2.61. The number of aromatic amines is 1. The van der Waals surface area contributed by atoms with Crippen molar-refractivity contribution in [3.8, 4) is 6.07 Å². The number of alkyl halides is 1. The molecule has 7 rings (SSSR count). The van der Waals surface area contributed by atoms with Gasteiger partial charge in [0.2, 0.25) is 5.95 Å². The second-order valence-corrected chi connectivity index (χ2v) is 10.1. The number of fused-ring (bicyclic) bond motifs is 1. The van der Waals surface area contributed by atoms with Crippen molar-refractivity contribution in [2.45, 2.75) is 68.7 Å². The number of hydrogen-bond acceptors (Lipinski definition) is 8. The molecule has 3 aromatic heterocycles. The highest BCUT2D eigenvalue weighted by Crippen LogP contribution is 2.57. The average Bonchev–Trinajstić information content (AvgIpc) is 3.55. The molecule has 4 saturated carbocycles. The molecule has 0 spiro atoms. The van der Waals surface area contributed by atoms with Crippen molar-refractivity contribution in [3.05, 3.63) is 35.4 Å². The molecular formula is C24H27FN8O3. The van der Waals surface area contributed by atoms with Gasteiger partial charge in [-0.05, 0) is 50.9 Å². The Labute approximate surface area is 206 Å². The normalized spacial score (nSPS) is 28.2. The number of imidazole rings is 1. The number of H-pyrrole nitrogens is 1. The van der Waals surface area contributed by atoms with Gasteiger partial charge in [0, 0.05) is 42.2 Å². The fourth-order valence-corrected chi connectivity index (χ4v) is 5.75. The zero-order valence-corrected chi connectivity index (χ0v) is 19.6. The molecule has 3 aromatic rings. The summed E-state index contributed by atoms with van der Waals surface area (Å²) < 4.78 is 22.3. The molecular weight excluding hydrogens is 467 g/mol. The summed E-state index contributed by atoms with van der Waals surface area (Å²) in [6.45, 7) is -0.0167. The van der Waals surface area contributed by atoms with E-state index in [9.17, 15) is 15.2 Å². The summed E-state index contributed by atoms with van der Waals surface area (Å²) in [4.78, 5) is 21.1. The van der Waals surface area contributed by atoms with Crippen LogP contribution in [0.5, 0.6) is 0 Å². The molecule has 4 aliphatic carbocycles. The van der Waals surface area contributed by atoms with Crippen LogP contribution >= 0.6 is 0 Å². The molecule has 4 N–H and O–H groups in total. The first kappa shape index (κ1) is 22.7. The predicted octanol–water partition coefficient (Wildman–Crippen LogP) is 2.86. The maximum atomic E-state index is 15.2. The van der Waals surface area contributed by atoms with Crippen molar-refractivity contribution in [2.75, 3.05) is 11.9 Å². The molecule has 11 nitrogen and oxygen atoms in total. The van der Waals surface area contributed by atoms with Gasteiger partial charge in [-0.1, -0.05) is 0 Å². The molecule has 3 atom stereocenters. The number of alkyl carbamates (subject to hydrolysis) is 1. The highest BCUT2D eigenvalue weighted by atomic mass is 19.1. The molecule has 2 bridgehead atoms. The number of nitrogens with one attached hydrogen (secondary N) is 3. The summed E-state index contributed by atoms with van der Waals surface area (Å²) in [5.74, 6) is 1.10. The first-order chi connectivity index (χ1) is 17.5. The van der Waals surface area contributed by atoms with Gasteiger partial charge in [0.05, 0.1) is 5.69 Å². The van der Waals surface area contributed by atoms with E-state index >= 15 is 4.39 Å². The topological polar surface area (TPSA) is 153 Å². The van der Waals surface area contributed by atoms with Crippen LogP contribution in [-0.2, 0) is 11.2 Å². The number of hydrogen-bond donors (Lipinski definition) is 4. The number of nitrogens with zero attached hydrogens (tertiary/aromatic N) is 5. The molecule has 4 aliphatic rings. The van der Waals surface area contributed by atoms with Gasteiger partial charge in [-0.15, -0.1) is 0 Å². The van der Waals surface area contributed by atoms with Crippen LogP contribution in [0.15, 0.2) is 18.5 Å². The largest absolute Gasteiger partial charge is 0.443 e. The Morgan fingerprint density at radius 2 is 2.22 bits per heavy atom. The van der Waals surface area contributed by atoms with E-state index in [0.29, 0.717) is 60.0 Å². The molecule has 0 aliphatic heterocycles. The summed E-state index contributed by atoms with van der Waals surface area (Å²) in [5.41, 5.74) is 1.84. The van der Waals surface area contributed by atoms with E-state index in [-0.39, 0.29) is 12.1 Å². The lowest BCUT2D eigenvalue weighted by atomic mass is 9.50. The quantitative estimate of drug-likeness (QED) is 0.373. The standard InChI is InChI=1S/C24H27FN8O3/c25-20-14(3-4-18(20)36-23(35)30-24-9-13(10-24)11-24)17-8-19(32-31-17)29-22-28-16(2-1-7-34)15(12-26)21-27-5-6-33(21)22/h5-6,8,13-14,18,20,34H,1-4,7,9-11H2,(H,30,35)(H2,28,29,31,32)/t13?,14-,18-,20+,24?/m0/s1. The molecule has 12 heteroatoms. The number of carbonyl (C=O) groups excluding carboxylic acids is 1. The third-order valence-corrected chi connectivity index (χ3v) is 7.71. The fraction of sp³-hybridized carbons (Fsp3) is 0.542. The van der Waals surface area contributed by atoms with Crippen molar-refractivity contribution in [2.24, 2.45) is 5.92 Å². The summed E-state index contributed by atoms with van der Waals surface area (Å²) >= 11 is 0. The second-order valence-electron chi connectivity index (χ2n) is 10.1. The number of anilines is 2. The predicted molar refractivity (Wildman–Crippen MR) is 125 cm³/mol. The third kappa shape index (κ3) is 3.83. The van der Waals surface area contributed by atoms with Crippen molar-refractivity contribution in [1.82, 2.24) is 29.9 Å². The van der Waals surface area contributed by atoms with Crippen LogP contribution in [0.4, 0.5) is 21.0 Å². The first-order valence-corrected chi connectivity index (χ1v) is 12.3. The van der Waals surface area contributed by atoms with Gasteiger partial charge in [-0.2, -0.15) is 10.4 Å². The van der Waals surface area contributed by atoms with Gasteiger partial charge in [-0.3, -0.25) is 9.50 Å². The Morgan fingerprint density at radius 1 is 1.39 bits per heavy atom. The monoisotopic (exact) mass is 494 g/mol. The first-order valence-electron chi connectivity index (χ1n) is 12.3. The Balaban J connectivity index is 1.15. The Bertz CT molecular complexity index is 1330. The number of rotatable bonds is 8. The van der Waals surface area contributed by atoms with E-state index in [2.05, 4.69) is 36.9 Å². The van der Waals surface area contributed by atoms with Gasteiger partial charge in [0.15, 0.2) is 11.5 Å². The maximum Gasteiger partial charge on any atom is 0.407 e. The number of halogens is 1. The second kappa shape index (κ2) is 8.74. The van der Waals surface area contributed by atoms with Crippen LogP contribution in [0.1, 0.15) is 61.4 Å². The number of aliphatic hydroxyl groups excluding tert-OH is 1. The average molecular weight is 495 g/mol. The number of aliphatic hydroxyl groups is 1.